The molecule has 0 fully saturated rings. The Balaban J connectivity index is 2.33. The molecule has 0 bridgehead atoms. The Hall–Kier alpha value is -2.01. The van der Waals surface area contributed by atoms with Gasteiger partial charge in [0, 0.05) is 29.1 Å². The predicted octanol–water partition coefficient (Wildman–Crippen LogP) is 3.33. The number of halogens is 1. The normalized spacial score (nSPS) is 10.8. The highest BCUT2D eigenvalue weighted by Gasteiger charge is 2.22. The molecule has 0 spiro atoms. The van der Waals surface area contributed by atoms with Gasteiger partial charge >= 0.3 is 5.97 Å². The minimum atomic E-state index is -0.936. The molecule has 0 unspecified atom stereocenters. The van der Waals surface area contributed by atoms with Crippen LogP contribution in [0.5, 0.6) is 0 Å². The molecule has 1 heterocycles. The van der Waals surface area contributed by atoms with Crippen LogP contribution in [0.3, 0.4) is 0 Å². The molecule has 21 heavy (non-hydrogen) atoms. The second-order valence-corrected chi connectivity index (χ2v) is 5.16. The van der Waals surface area contributed by atoms with Gasteiger partial charge in [0.15, 0.2) is 5.76 Å². The Labute approximate surface area is 127 Å². The number of nitrogens with zero attached hydrogens (tertiary/aromatic N) is 1. The lowest BCUT2D eigenvalue weighted by Crippen LogP contribution is -2.32. The third kappa shape index (κ3) is 3.19. The van der Waals surface area contributed by atoms with Crippen molar-refractivity contribution in [1.29, 1.82) is 0 Å². The maximum absolute atomic E-state index is 12.5. The van der Waals surface area contributed by atoms with Gasteiger partial charge in [-0.25, -0.2) is 0 Å². The molecular formula is C15H16ClNO4. The second-order valence-electron chi connectivity index (χ2n) is 4.73. The van der Waals surface area contributed by atoms with Crippen molar-refractivity contribution < 1.29 is 19.1 Å². The summed E-state index contributed by atoms with van der Waals surface area (Å²) in [7, 11) is 0. The summed E-state index contributed by atoms with van der Waals surface area (Å²) in [6.45, 7) is 4.17. The largest absolute Gasteiger partial charge is 0.481 e. The van der Waals surface area contributed by atoms with Crippen LogP contribution in [0.15, 0.2) is 22.6 Å². The van der Waals surface area contributed by atoms with Gasteiger partial charge in [0.1, 0.15) is 5.58 Å². The number of hydrogen-bond donors (Lipinski definition) is 1. The number of aryl methyl sites for hydroxylation is 1. The van der Waals surface area contributed by atoms with Gasteiger partial charge in [-0.1, -0.05) is 11.6 Å². The molecule has 0 radical (unpaired) electrons. The highest BCUT2D eigenvalue weighted by Crippen LogP contribution is 2.28. The van der Waals surface area contributed by atoms with Crippen molar-refractivity contribution in [2.24, 2.45) is 0 Å². The first-order valence-electron chi connectivity index (χ1n) is 6.63. The highest BCUT2D eigenvalue weighted by atomic mass is 35.5. The van der Waals surface area contributed by atoms with Crippen LogP contribution >= 0.6 is 11.6 Å². The second kappa shape index (κ2) is 6.18. The summed E-state index contributed by atoms with van der Waals surface area (Å²) in [6.07, 6.45) is -0.0926. The maximum atomic E-state index is 12.5. The van der Waals surface area contributed by atoms with Gasteiger partial charge in [-0.15, -0.1) is 0 Å². The molecule has 5 nitrogen and oxygen atoms in total. The highest BCUT2D eigenvalue weighted by molar-refractivity contribution is 6.31. The van der Waals surface area contributed by atoms with Crippen LogP contribution in [0.25, 0.3) is 11.0 Å². The molecule has 2 rings (SSSR count). The van der Waals surface area contributed by atoms with Crippen LogP contribution in [-0.4, -0.2) is 35.0 Å². The Bertz CT molecular complexity index is 692. The molecule has 1 aromatic carbocycles. The molecule has 1 N–H and O–H groups in total. The van der Waals surface area contributed by atoms with E-state index in [0.29, 0.717) is 22.7 Å². The summed E-state index contributed by atoms with van der Waals surface area (Å²) in [5, 5.41) is 10.1. The number of carbonyl (C=O) groups is 2. The molecule has 6 heteroatoms. The first-order valence-corrected chi connectivity index (χ1v) is 7.01. The third-order valence-corrected chi connectivity index (χ3v) is 3.59. The Morgan fingerprint density at radius 1 is 1.38 bits per heavy atom. The fraction of sp³-hybridized carbons (Fsp3) is 0.333. The van der Waals surface area contributed by atoms with Crippen LogP contribution in [0, 0.1) is 6.92 Å². The van der Waals surface area contributed by atoms with E-state index in [4.69, 9.17) is 21.1 Å². The summed E-state index contributed by atoms with van der Waals surface area (Å²) in [4.78, 5) is 24.6. The minimum Gasteiger partial charge on any atom is -0.481 e. The topological polar surface area (TPSA) is 70.8 Å². The summed E-state index contributed by atoms with van der Waals surface area (Å²) in [6, 6.07) is 5.16. The average Bonchev–Trinajstić information content (AvgIpc) is 2.76. The lowest BCUT2D eigenvalue weighted by molar-refractivity contribution is -0.137. The van der Waals surface area contributed by atoms with Crippen molar-refractivity contribution in [2.75, 3.05) is 13.1 Å². The summed E-state index contributed by atoms with van der Waals surface area (Å²) < 4.78 is 5.61. The quantitative estimate of drug-likeness (QED) is 0.919. The number of carboxylic acid groups (broad SMARTS) is 1. The molecule has 2 aromatic rings. The minimum absolute atomic E-state index is 0.0926. The van der Waals surface area contributed by atoms with Crippen molar-refractivity contribution in [3.63, 3.8) is 0 Å². The lowest BCUT2D eigenvalue weighted by Gasteiger charge is -2.18. The number of furan rings is 1. The number of hydrogen-bond acceptors (Lipinski definition) is 3. The van der Waals surface area contributed by atoms with E-state index in [1.165, 1.54) is 4.90 Å². The van der Waals surface area contributed by atoms with E-state index in [1.807, 2.05) is 0 Å². The van der Waals surface area contributed by atoms with E-state index in [1.54, 1.807) is 32.0 Å². The average molecular weight is 310 g/mol. The van der Waals surface area contributed by atoms with Crippen LogP contribution in [0.4, 0.5) is 0 Å². The first kappa shape index (κ1) is 15.4. The van der Waals surface area contributed by atoms with E-state index >= 15 is 0 Å². The monoisotopic (exact) mass is 309 g/mol. The molecule has 1 aromatic heterocycles. The van der Waals surface area contributed by atoms with Gasteiger partial charge in [-0.2, -0.15) is 0 Å². The molecule has 0 aliphatic carbocycles. The summed E-state index contributed by atoms with van der Waals surface area (Å²) in [5.74, 6) is -1.00. The van der Waals surface area contributed by atoms with E-state index in [-0.39, 0.29) is 24.6 Å². The van der Waals surface area contributed by atoms with Crippen LogP contribution in [0.1, 0.15) is 29.5 Å². The Morgan fingerprint density at radius 2 is 2.10 bits per heavy atom. The first-order chi connectivity index (χ1) is 9.93. The number of amides is 1. The van der Waals surface area contributed by atoms with Crippen molar-refractivity contribution in [2.45, 2.75) is 20.3 Å². The van der Waals surface area contributed by atoms with E-state index in [2.05, 4.69) is 0 Å². The summed E-state index contributed by atoms with van der Waals surface area (Å²) in [5.41, 5.74) is 1.31. The zero-order valence-electron chi connectivity index (χ0n) is 11.9. The summed E-state index contributed by atoms with van der Waals surface area (Å²) >= 11 is 5.95. The molecule has 0 aliphatic heterocycles. The number of carboxylic acids is 1. The maximum Gasteiger partial charge on any atom is 0.305 e. The van der Waals surface area contributed by atoms with Gasteiger partial charge in [-0.3, -0.25) is 9.59 Å². The van der Waals surface area contributed by atoms with E-state index < -0.39 is 5.97 Å². The molecule has 0 aliphatic rings. The van der Waals surface area contributed by atoms with Crippen molar-refractivity contribution in [1.82, 2.24) is 4.90 Å². The number of rotatable bonds is 5. The SMILES string of the molecule is CCN(CCC(=O)O)C(=O)c1oc2ccc(Cl)cc2c1C. The van der Waals surface area contributed by atoms with Crippen LogP contribution in [-0.2, 0) is 4.79 Å². The predicted molar refractivity (Wildman–Crippen MR) is 79.8 cm³/mol. The molecular weight excluding hydrogens is 294 g/mol. The van der Waals surface area contributed by atoms with Crippen molar-refractivity contribution in [3.05, 3.63) is 34.5 Å². The third-order valence-electron chi connectivity index (χ3n) is 3.36. The molecule has 1 amide bonds. The zero-order valence-corrected chi connectivity index (χ0v) is 12.6. The van der Waals surface area contributed by atoms with Crippen molar-refractivity contribution >= 4 is 34.4 Å². The van der Waals surface area contributed by atoms with E-state index in [0.717, 1.165) is 5.39 Å². The number of aliphatic carboxylic acids is 1. The van der Waals surface area contributed by atoms with Gasteiger partial charge < -0.3 is 14.4 Å². The molecule has 0 atom stereocenters. The van der Waals surface area contributed by atoms with Gasteiger partial charge in [0.2, 0.25) is 0 Å². The Morgan fingerprint density at radius 3 is 2.71 bits per heavy atom. The fourth-order valence-electron chi connectivity index (χ4n) is 2.17. The van der Waals surface area contributed by atoms with E-state index in [9.17, 15) is 9.59 Å². The lowest BCUT2D eigenvalue weighted by atomic mass is 10.1. The molecule has 112 valence electrons. The van der Waals surface area contributed by atoms with Crippen molar-refractivity contribution in [3.8, 4) is 0 Å². The number of fused-ring (bicyclic) bond motifs is 1. The molecule has 0 saturated carbocycles. The smallest absolute Gasteiger partial charge is 0.305 e. The molecule has 0 saturated heterocycles. The van der Waals surface area contributed by atoms with Crippen LogP contribution in [0.2, 0.25) is 5.02 Å². The van der Waals surface area contributed by atoms with Gasteiger partial charge in [0.25, 0.3) is 5.91 Å². The van der Waals surface area contributed by atoms with Crippen LogP contribution < -0.4 is 0 Å². The van der Waals surface area contributed by atoms with Gasteiger partial charge in [0.05, 0.1) is 6.42 Å². The fourth-order valence-corrected chi connectivity index (χ4v) is 2.35. The van der Waals surface area contributed by atoms with Gasteiger partial charge in [-0.05, 0) is 32.0 Å². The standard InChI is InChI=1S/C15H16ClNO4/c1-3-17(7-6-13(18)19)15(20)14-9(2)11-8-10(16)4-5-12(11)21-14/h4-5,8H,3,6-7H2,1-2H3,(H,18,19). The number of benzene rings is 1. The zero-order chi connectivity index (χ0) is 15.6. The number of carbonyl (C=O) groups excluding carboxylic acids is 1. The Kier molecular flexibility index (Phi) is 4.53.